The lowest BCUT2D eigenvalue weighted by Crippen LogP contribution is -1.97. The van der Waals surface area contributed by atoms with Crippen LogP contribution in [0.4, 0.5) is 0 Å². The van der Waals surface area contributed by atoms with Crippen LogP contribution in [0.2, 0.25) is 19.1 Å². The highest BCUT2D eigenvalue weighted by Gasteiger charge is 1.93. The molecule has 0 spiro atoms. The minimum atomic E-state index is -0.228. The van der Waals surface area contributed by atoms with E-state index in [0.717, 1.165) is 0 Å². The molecule has 2 heteroatoms. The van der Waals surface area contributed by atoms with Crippen LogP contribution in [0, 0.1) is 0 Å². The molecule has 0 aliphatic heterocycles. The van der Waals surface area contributed by atoms with Gasteiger partial charge in [0.15, 0.2) is 0 Å². The Kier molecular flexibility index (Phi) is 7.34. The second-order valence-corrected chi connectivity index (χ2v) is 7.09. The van der Waals surface area contributed by atoms with Gasteiger partial charge in [0.05, 0.1) is 0 Å². The van der Waals surface area contributed by atoms with Crippen LogP contribution in [0.15, 0.2) is 0 Å². The van der Waals surface area contributed by atoms with Crippen LogP contribution in [0.1, 0.15) is 19.3 Å². The Labute approximate surface area is 68.8 Å². The van der Waals surface area contributed by atoms with Crippen LogP contribution in [0.25, 0.3) is 0 Å². The van der Waals surface area contributed by atoms with Gasteiger partial charge in [0, 0.05) is 14.1 Å². The van der Waals surface area contributed by atoms with Crippen LogP contribution in [-0.2, 0) is 0 Å². The van der Waals surface area contributed by atoms with Crippen molar-refractivity contribution in [2.24, 2.45) is 0 Å². The number of unbranched alkanes of at least 4 members (excludes halogenated alkanes) is 2. The zero-order chi connectivity index (χ0) is 7.11. The van der Waals surface area contributed by atoms with Gasteiger partial charge in [-0.2, -0.15) is 0 Å². The molecule has 0 bridgehead atoms. The van der Waals surface area contributed by atoms with Crippen molar-refractivity contribution in [2.75, 3.05) is 5.33 Å². The lowest BCUT2D eigenvalue weighted by atomic mass is 10.3. The molecule has 0 unspecified atom stereocenters. The van der Waals surface area contributed by atoms with Gasteiger partial charge in [-0.05, 0) is 6.42 Å². The third-order valence-corrected chi connectivity index (χ3v) is 3.54. The van der Waals surface area contributed by atoms with E-state index in [1.807, 2.05) is 0 Å². The molecule has 0 aliphatic carbocycles. The van der Waals surface area contributed by atoms with E-state index in [1.54, 1.807) is 0 Å². The molecule has 0 aromatic rings. The summed E-state index contributed by atoms with van der Waals surface area (Å²) in [5.74, 6) is 0. The Morgan fingerprint density at radius 3 is 2.22 bits per heavy atom. The molecule has 0 saturated heterocycles. The third kappa shape index (κ3) is 8.70. The first-order chi connectivity index (χ1) is 4.27. The number of hydrogen-bond acceptors (Lipinski definition) is 0. The molecule has 9 heavy (non-hydrogen) atoms. The molecule has 0 amide bonds. The molecular formula is C7H17BrSi. The van der Waals surface area contributed by atoms with Gasteiger partial charge in [-0.25, -0.2) is 0 Å². The van der Waals surface area contributed by atoms with Gasteiger partial charge in [-0.3, -0.25) is 0 Å². The van der Waals surface area contributed by atoms with Gasteiger partial charge >= 0.3 is 0 Å². The van der Waals surface area contributed by atoms with Crippen molar-refractivity contribution in [1.29, 1.82) is 0 Å². The topological polar surface area (TPSA) is 0 Å². The van der Waals surface area contributed by atoms with E-state index in [0.29, 0.717) is 0 Å². The zero-order valence-corrected chi connectivity index (χ0v) is 9.23. The number of alkyl halides is 1. The molecule has 0 fully saturated rings. The van der Waals surface area contributed by atoms with Crippen molar-refractivity contribution in [3.05, 3.63) is 0 Å². The monoisotopic (exact) mass is 208 g/mol. The van der Waals surface area contributed by atoms with Crippen molar-refractivity contribution in [3.63, 3.8) is 0 Å². The molecule has 0 saturated carbocycles. The quantitative estimate of drug-likeness (QED) is 0.371. The molecule has 0 heterocycles. The average molecular weight is 209 g/mol. The maximum atomic E-state index is 3.43. The minimum Gasteiger partial charge on any atom is -0.0928 e. The average Bonchev–Trinajstić information content (AvgIpc) is 1.80. The Balaban J connectivity index is 2.75. The van der Waals surface area contributed by atoms with Crippen LogP contribution < -0.4 is 0 Å². The first kappa shape index (κ1) is 9.70. The molecule has 0 rings (SSSR count). The summed E-state index contributed by atoms with van der Waals surface area (Å²) in [5.41, 5.74) is 0. The highest BCUT2D eigenvalue weighted by Crippen LogP contribution is 2.04. The van der Waals surface area contributed by atoms with E-state index in [4.69, 9.17) is 0 Å². The second kappa shape index (κ2) is 6.81. The third-order valence-electron chi connectivity index (χ3n) is 1.42. The lowest BCUT2D eigenvalue weighted by Gasteiger charge is -2.00. The maximum Gasteiger partial charge on any atom is 0.0305 e. The van der Waals surface area contributed by atoms with E-state index >= 15 is 0 Å². The van der Waals surface area contributed by atoms with E-state index in [-0.39, 0.29) is 8.80 Å². The zero-order valence-electron chi connectivity index (χ0n) is 6.49. The van der Waals surface area contributed by atoms with Crippen molar-refractivity contribution in [2.45, 2.75) is 38.4 Å². The van der Waals surface area contributed by atoms with Gasteiger partial charge in [-0.15, -0.1) is 0 Å². The fraction of sp³-hybridized carbons (Fsp3) is 1.00. The maximum absolute atomic E-state index is 3.43. The summed E-state index contributed by atoms with van der Waals surface area (Å²) in [4.78, 5) is 0. The van der Waals surface area contributed by atoms with E-state index in [2.05, 4.69) is 29.0 Å². The van der Waals surface area contributed by atoms with Gasteiger partial charge in [0.25, 0.3) is 0 Å². The minimum absolute atomic E-state index is 0.228. The summed E-state index contributed by atoms with van der Waals surface area (Å²) in [6.45, 7) is 4.85. The fourth-order valence-electron chi connectivity index (χ4n) is 0.824. The molecule has 56 valence electrons. The summed E-state index contributed by atoms with van der Waals surface area (Å²) < 4.78 is 0. The smallest absolute Gasteiger partial charge is 0.0305 e. The molecule has 0 N–H and O–H groups in total. The second-order valence-electron chi connectivity index (χ2n) is 2.93. The van der Waals surface area contributed by atoms with Crippen LogP contribution in [-0.4, -0.2) is 14.1 Å². The summed E-state index contributed by atoms with van der Waals surface area (Å²) in [5, 5.41) is 1.19. The summed E-state index contributed by atoms with van der Waals surface area (Å²) in [6, 6.07) is 1.53. The highest BCUT2D eigenvalue weighted by atomic mass is 79.9. The lowest BCUT2D eigenvalue weighted by molar-refractivity contribution is 0.776. The molecule has 0 aliphatic rings. The number of rotatable bonds is 5. The first-order valence-corrected chi connectivity index (χ1v) is 8.08. The van der Waals surface area contributed by atoms with Gasteiger partial charge in [0.2, 0.25) is 0 Å². The van der Waals surface area contributed by atoms with Crippen molar-refractivity contribution in [3.8, 4) is 0 Å². The molecule has 0 radical (unpaired) electrons. The summed E-state index contributed by atoms with van der Waals surface area (Å²) in [6.07, 6.45) is 4.26. The predicted octanol–water partition coefficient (Wildman–Crippen LogP) is 3.04. The number of hydrogen-bond donors (Lipinski definition) is 0. The number of halogens is 1. The molecule has 0 aromatic heterocycles. The highest BCUT2D eigenvalue weighted by molar-refractivity contribution is 9.09. The van der Waals surface area contributed by atoms with E-state index < -0.39 is 0 Å². The Morgan fingerprint density at radius 2 is 1.78 bits per heavy atom. The van der Waals surface area contributed by atoms with Crippen molar-refractivity contribution in [1.82, 2.24) is 0 Å². The predicted molar refractivity (Wildman–Crippen MR) is 51.3 cm³/mol. The van der Waals surface area contributed by atoms with Crippen LogP contribution >= 0.6 is 15.9 Å². The van der Waals surface area contributed by atoms with Gasteiger partial charge < -0.3 is 0 Å². The Hall–Kier alpha value is 0.697. The fourth-order valence-corrected chi connectivity index (χ4v) is 2.33. The van der Waals surface area contributed by atoms with Crippen LogP contribution in [0.3, 0.4) is 0 Å². The normalized spacial score (nSPS) is 10.7. The van der Waals surface area contributed by atoms with Crippen LogP contribution in [0.5, 0.6) is 0 Å². The van der Waals surface area contributed by atoms with Crippen molar-refractivity contribution < 1.29 is 0 Å². The van der Waals surface area contributed by atoms with E-state index in [9.17, 15) is 0 Å². The van der Waals surface area contributed by atoms with E-state index in [1.165, 1.54) is 30.6 Å². The summed E-state index contributed by atoms with van der Waals surface area (Å²) in [7, 11) is -0.228. The van der Waals surface area contributed by atoms with Gasteiger partial charge in [0.1, 0.15) is 0 Å². The largest absolute Gasteiger partial charge is 0.0928 e. The van der Waals surface area contributed by atoms with Crippen molar-refractivity contribution >= 4 is 24.7 Å². The summed E-state index contributed by atoms with van der Waals surface area (Å²) >= 11 is 3.43. The molecule has 0 nitrogen and oxygen atoms in total. The molecule has 0 aromatic carbocycles. The Bertz CT molecular complexity index is 54.9. The molecular weight excluding hydrogens is 192 g/mol. The SMILES string of the molecule is C[SiH](C)CCCCCBr. The first-order valence-electron chi connectivity index (χ1n) is 3.83. The molecule has 0 atom stereocenters. The Morgan fingerprint density at radius 1 is 1.11 bits per heavy atom. The standard InChI is InChI=1S/C7H17BrSi/c1-9(2)7-5-3-4-6-8/h9H,3-7H2,1-2H3. The van der Waals surface area contributed by atoms with Gasteiger partial charge in [-0.1, -0.05) is 47.9 Å².